The molecule has 1 atom stereocenters. The van der Waals surface area contributed by atoms with E-state index in [2.05, 4.69) is 27.4 Å². The molecule has 0 saturated carbocycles. The van der Waals surface area contributed by atoms with Crippen molar-refractivity contribution < 1.29 is 9.59 Å². The van der Waals surface area contributed by atoms with E-state index in [0.29, 0.717) is 17.0 Å². The normalized spacial score (nSPS) is 12.2. The Kier molecular flexibility index (Phi) is 5.48. The Morgan fingerprint density at radius 3 is 2.58 bits per heavy atom. The van der Waals surface area contributed by atoms with Crippen molar-refractivity contribution in [1.82, 2.24) is 29.9 Å². The molecule has 1 amide bonds. The Morgan fingerprint density at radius 1 is 1.29 bits per heavy atom. The number of nitrogens with one attached hydrogen (secondary N) is 1. The van der Waals surface area contributed by atoms with Crippen LogP contribution in [0.15, 0.2) is 6.33 Å². The van der Waals surface area contributed by atoms with Crippen LogP contribution < -0.4 is 5.32 Å². The summed E-state index contributed by atoms with van der Waals surface area (Å²) in [5, 5.41) is 11.4. The number of Topliss-reactive ketones (excluding diaryl/α,β-unsaturated/α-hetero) is 1. The van der Waals surface area contributed by atoms with Gasteiger partial charge in [0.2, 0.25) is 5.91 Å². The maximum Gasteiger partial charge on any atom is 0.242 e. The van der Waals surface area contributed by atoms with E-state index < -0.39 is 0 Å². The minimum atomic E-state index is -0.254. The largest absolute Gasteiger partial charge is 0.345 e. The lowest BCUT2D eigenvalue weighted by Crippen LogP contribution is -2.32. The van der Waals surface area contributed by atoms with Gasteiger partial charge >= 0.3 is 0 Å². The predicted molar refractivity (Wildman–Crippen MR) is 88.6 cm³/mol. The molecule has 0 bridgehead atoms. The van der Waals surface area contributed by atoms with E-state index in [1.165, 1.54) is 13.3 Å². The van der Waals surface area contributed by atoms with Crippen LogP contribution in [0.2, 0.25) is 0 Å². The van der Waals surface area contributed by atoms with Crippen LogP contribution in [0, 0.1) is 13.8 Å². The lowest BCUT2D eigenvalue weighted by Gasteiger charge is -2.14. The van der Waals surface area contributed by atoms with Gasteiger partial charge in [0.25, 0.3) is 0 Å². The Labute approximate surface area is 141 Å². The van der Waals surface area contributed by atoms with Crippen molar-refractivity contribution in [3.63, 3.8) is 0 Å². The minimum Gasteiger partial charge on any atom is -0.345 e. The molecule has 0 unspecified atom stereocenters. The summed E-state index contributed by atoms with van der Waals surface area (Å²) in [6.07, 6.45) is 2.43. The van der Waals surface area contributed by atoms with Crippen LogP contribution in [0.4, 0.5) is 0 Å². The maximum absolute atomic E-state index is 12.3. The molecule has 1 N–H and O–H groups in total. The third-order valence-electron chi connectivity index (χ3n) is 3.87. The molecular formula is C16H24N6O2. The van der Waals surface area contributed by atoms with Gasteiger partial charge in [-0.15, -0.1) is 0 Å². The lowest BCUT2D eigenvalue weighted by molar-refractivity contribution is -0.122. The third-order valence-corrected chi connectivity index (χ3v) is 3.87. The van der Waals surface area contributed by atoms with E-state index >= 15 is 0 Å². The van der Waals surface area contributed by atoms with Crippen molar-refractivity contribution in [2.75, 3.05) is 0 Å². The molecule has 8 nitrogen and oxygen atoms in total. The summed E-state index contributed by atoms with van der Waals surface area (Å²) in [6.45, 7) is 9.82. The first-order valence-electron chi connectivity index (χ1n) is 8.07. The first-order chi connectivity index (χ1) is 11.3. The van der Waals surface area contributed by atoms with E-state index in [1.54, 1.807) is 23.2 Å². The van der Waals surface area contributed by atoms with Crippen LogP contribution in [0.5, 0.6) is 0 Å². The van der Waals surface area contributed by atoms with Crippen LogP contribution in [0.1, 0.15) is 60.8 Å². The summed E-state index contributed by atoms with van der Waals surface area (Å²) in [4.78, 5) is 28.2. The second-order valence-corrected chi connectivity index (χ2v) is 5.89. The summed E-state index contributed by atoms with van der Waals surface area (Å²) in [7, 11) is 0. The molecule has 0 aliphatic rings. The van der Waals surface area contributed by atoms with Gasteiger partial charge in [-0.25, -0.2) is 9.67 Å². The molecule has 2 aromatic heterocycles. The standard InChI is InChI=1S/C16H24N6O2/c1-6-7-21-16(17-9-18-21)11(3)19-14(24)8-22-12(4)15(13(5)23)10(2)20-22/h9,11H,6-8H2,1-5H3,(H,19,24)/t11-/m0/s1. The molecule has 24 heavy (non-hydrogen) atoms. The van der Waals surface area contributed by atoms with Crippen molar-refractivity contribution in [2.45, 2.75) is 60.2 Å². The summed E-state index contributed by atoms with van der Waals surface area (Å²) in [6, 6.07) is -0.254. The fourth-order valence-corrected chi connectivity index (χ4v) is 2.84. The average molecular weight is 332 g/mol. The van der Waals surface area contributed by atoms with Gasteiger partial charge in [-0.05, 0) is 34.1 Å². The molecule has 0 saturated heterocycles. The van der Waals surface area contributed by atoms with Gasteiger partial charge in [-0.1, -0.05) is 6.92 Å². The van der Waals surface area contributed by atoms with E-state index in [9.17, 15) is 9.59 Å². The smallest absolute Gasteiger partial charge is 0.242 e. The second kappa shape index (κ2) is 7.37. The first kappa shape index (κ1) is 17.8. The van der Waals surface area contributed by atoms with Crippen LogP contribution >= 0.6 is 0 Å². The number of rotatable bonds is 7. The zero-order valence-electron chi connectivity index (χ0n) is 14.8. The molecule has 0 aliphatic carbocycles. The van der Waals surface area contributed by atoms with Crippen LogP contribution in [-0.4, -0.2) is 36.2 Å². The number of amides is 1. The van der Waals surface area contributed by atoms with Gasteiger partial charge in [0.1, 0.15) is 18.7 Å². The zero-order chi connectivity index (χ0) is 17.9. The minimum absolute atomic E-state index is 0.0438. The van der Waals surface area contributed by atoms with Gasteiger partial charge in [0.05, 0.1) is 17.3 Å². The highest BCUT2D eigenvalue weighted by molar-refractivity contribution is 5.96. The molecule has 8 heteroatoms. The lowest BCUT2D eigenvalue weighted by atomic mass is 10.1. The van der Waals surface area contributed by atoms with Crippen molar-refractivity contribution in [2.24, 2.45) is 0 Å². The Balaban J connectivity index is 2.07. The molecular weight excluding hydrogens is 308 g/mol. The van der Waals surface area contributed by atoms with Gasteiger partial charge in [0.15, 0.2) is 5.78 Å². The van der Waals surface area contributed by atoms with Crippen molar-refractivity contribution in [3.05, 3.63) is 29.1 Å². The number of aryl methyl sites for hydroxylation is 2. The third kappa shape index (κ3) is 3.69. The molecule has 0 aliphatic heterocycles. The number of aromatic nitrogens is 5. The van der Waals surface area contributed by atoms with Crippen molar-refractivity contribution >= 4 is 11.7 Å². The molecule has 130 valence electrons. The number of carbonyl (C=O) groups is 2. The quantitative estimate of drug-likeness (QED) is 0.777. The van der Waals surface area contributed by atoms with Gasteiger partial charge < -0.3 is 5.32 Å². The summed E-state index contributed by atoms with van der Waals surface area (Å²) < 4.78 is 3.35. The Hall–Kier alpha value is -2.51. The number of nitrogens with zero attached hydrogens (tertiary/aromatic N) is 5. The topological polar surface area (TPSA) is 94.7 Å². The zero-order valence-corrected chi connectivity index (χ0v) is 14.8. The first-order valence-corrected chi connectivity index (χ1v) is 8.07. The average Bonchev–Trinajstić information content (AvgIpc) is 3.04. The predicted octanol–water partition coefficient (Wildman–Crippen LogP) is 1.58. The van der Waals surface area contributed by atoms with E-state index in [4.69, 9.17) is 0 Å². The summed E-state index contributed by atoms with van der Waals surface area (Å²) in [5.74, 6) is 0.495. The van der Waals surface area contributed by atoms with E-state index in [0.717, 1.165) is 18.8 Å². The van der Waals surface area contributed by atoms with Crippen molar-refractivity contribution in [3.8, 4) is 0 Å². The second-order valence-electron chi connectivity index (χ2n) is 5.89. The number of hydrogen-bond acceptors (Lipinski definition) is 5. The van der Waals surface area contributed by atoms with Crippen LogP contribution in [0.3, 0.4) is 0 Å². The van der Waals surface area contributed by atoms with Gasteiger partial charge in [0, 0.05) is 12.2 Å². The Bertz CT molecular complexity index is 746. The molecule has 2 heterocycles. The molecule has 0 fully saturated rings. The summed E-state index contributed by atoms with van der Waals surface area (Å²) in [5.41, 5.74) is 1.93. The maximum atomic E-state index is 12.3. The fourth-order valence-electron chi connectivity index (χ4n) is 2.84. The molecule has 2 aromatic rings. The number of hydrogen-bond donors (Lipinski definition) is 1. The van der Waals surface area contributed by atoms with Crippen molar-refractivity contribution in [1.29, 1.82) is 0 Å². The van der Waals surface area contributed by atoms with Gasteiger partial charge in [-0.2, -0.15) is 10.2 Å². The molecule has 2 rings (SSSR count). The SMILES string of the molecule is CCCn1ncnc1[C@H](C)NC(=O)Cn1nc(C)c(C(C)=O)c1C. The Morgan fingerprint density at radius 2 is 2.00 bits per heavy atom. The van der Waals surface area contributed by atoms with Gasteiger partial charge in [-0.3, -0.25) is 14.3 Å². The van der Waals surface area contributed by atoms with E-state index in [-0.39, 0.29) is 24.3 Å². The summed E-state index contributed by atoms with van der Waals surface area (Å²) >= 11 is 0. The van der Waals surface area contributed by atoms with E-state index in [1.807, 2.05) is 6.92 Å². The monoisotopic (exact) mass is 332 g/mol. The molecule has 0 aromatic carbocycles. The molecule has 0 radical (unpaired) electrons. The molecule has 0 spiro atoms. The highest BCUT2D eigenvalue weighted by atomic mass is 16.2. The highest BCUT2D eigenvalue weighted by Crippen LogP contribution is 2.14. The number of ketones is 1. The van der Waals surface area contributed by atoms with Crippen LogP contribution in [0.25, 0.3) is 0 Å². The highest BCUT2D eigenvalue weighted by Gasteiger charge is 2.19. The number of carbonyl (C=O) groups excluding carboxylic acids is 2. The van der Waals surface area contributed by atoms with Crippen LogP contribution in [-0.2, 0) is 17.9 Å². The fraction of sp³-hybridized carbons (Fsp3) is 0.562.